The molecule has 6 nitrogen and oxygen atoms in total. The minimum atomic E-state index is -1.09. The summed E-state index contributed by atoms with van der Waals surface area (Å²) in [6.45, 7) is 21.9. The van der Waals surface area contributed by atoms with Gasteiger partial charge in [0.1, 0.15) is 18.5 Å². The van der Waals surface area contributed by atoms with E-state index in [0.29, 0.717) is 6.42 Å². The zero-order chi connectivity index (χ0) is 20.6. The Bertz CT molecular complexity index is 670. The number of hydrogen-bond donors (Lipinski definition) is 0. The Morgan fingerprint density at radius 1 is 0.815 bits per heavy atom. The maximum atomic E-state index is 12.9. The average molecular weight is 369 g/mol. The minimum Gasteiger partial charge on any atom is -0.300 e. The summed E-state index contributed by atoms with van der Waals surface area (Å²) in [6, 6.07) is 0. The monoisotopic (exact) mass is 369 g/mol. The third-order valence-electron chi connectivity index (χ3n) is 4.53. The van der Waals surface area contributed by atoms with Crippen LogP contribution in [0, 0.1) is 0 Å². The molecule has 1 saturated heterocycles. The number of carbonyl (C=O) groups excluding carboxylic acids is 3. The Balaban J connectivity index is 3.80. The average Bonchev–Trinajstić information content (AvgIpc) is 2.67. The Morgan fingerprint density at radius 2 is 1.33 bits per heavy atom. The van der Waals surface area contributed by atoms with E-state index in [9.17, 15) is 14.4 Å². The number of rotatable bonds is 9. The third-order valence-corrected chi connectivity index (χ3v) is 4.53. The van der Waals surface area contributed by atoms with Crippen molar-refractivity contribution in [1.82, 2.24) is 14.7 Å². The zero-order valence-electron chi connectivity index (χ0n) is 15.7. The van der Waals surface area contributed by atoms with Crippen LogP contribution in [0.15, 0.2) is 75.9 Å². The Labute approximate surface area is 161 Å². The molecule has 144 valence electrons. The lowest BCUT2D eigenvalue weighted by atomic mass is 9.92. The fourth-order valence-corrected chi connectivity index (χ4v) is 3.44. The molecule has 0 aromatic heterocycles. The molecular formula is C21H27N3O3. The van der Waals surface area contributed by atoms with Gasteiger partial charge >= 0.3 is 0 Å². The molecular weight excluding hydrogens is 342 g/mol. The number of amides is 3. The summed E-state index contributed by atoms with van der Waals surface area (Å²) in [6.07, 6.45) is 8.56. The molecule has 0 N–H and O–H groups in total. The topological polar surface area (TPSA) is 60.9 Å². The highest BCUT2D eigenvalue weighted by Gasteiger charge is 2.53. The van der Waals surface area contributed by atoms with Crippen molar-refractivity contribution in [3.63, 3.8) is 0 Å². The largest absolute Gasteiger partial charge is 0.300 e. The molecule has 1 aliphatic heterocycles. The molecule has 6 heteroatoms. The van der Waals surface area contributed by atoms with E-state index in [1.807, 2.05) is 0 Å². The van der Waals surface area contributed by atoms with Crippen molar-refractivity contribution in [1.29, 1.82) is 0 Å². The van der Waals surface area contributed by atoms with E-state index in [1.165, 1.54) is 14.7 Å². The Hall–Kier alpha value is -3.15. The van der Waals surface area contributed by atoms with Crippen LogP contribution in [-0.4, -0.2) is 50.9 Å². The van der Waals surface area contributed by atoms with Crippen LogP contribution in [0.5, 0.6) is 0 Å². The van der Waals surface area contributed by atoms with Crippen molar-refractivity contribution in [3.8, 4) is 0 Å². The lowest BCUT2D eigenvalue weighted by Gasteiger charge is -2.59. The maximum absolute atomic E-state index is 12.9. The first-order valence-corrected chi connectivity index (χ1v) is 8.53. The molecule has 1 atom stereocenters. The van der Waals surface area contributed by atoms with Crippen LogP contribution in [-0.2, 0) is 14.4 Å². The molecule has 1 rings (SSSR count). The second kappa shape index (κ2) is 9.52. The smallest absolute Gasteiger partial charge is 0.249 e. The number of nitrogens with zero attached hydrogens (tertiary/aromatic N) is 3. The van der Waals surface area contributed by atoms with Crippen molar-refractivity contribution in [2.24, 2.45) is 0 Å². The molecule has 0 spiro atoms. The first kappa shape index (κ1) is 21.9. The van der Waals surface area contributed by atoms with Crippen molar-refractivity contribution < 1.29 is 14.4 Å². The van der Waals surface area contributed by atoms with Crippen LogP contribution in [0.3, 0.4) is 0 Å². The molecule has 0 aromatic carbocycles. The lowest BCUT2D eigenvalue weighted by molar-refractivity contribution is -0.197. The third kappa shape index (κ3) is 4.00. The number of hydrogen-bond acceptors (Lipinski definition) is 3. The molecule has 27 heavy (non-hydrogen) atoms. The Kier molecular flexibility index (Phi) is 7.72. The molecule has 1 fully saturated rings. The summed E-state index contributed by atoms with van der Waals surface area (Å²) in [5.41, 5.74) is -1.09. The molecule has 1 unspecified atom stereocenters. The van der Waals surface area contributed by atoms with Gasteiger partial charge in [0.05, 0.1) is 0 Å². The van der Waals surface area contributed by atoms with E-state index >= 15 is 0 Å². The van der Waals surface area contributed by atoms with Gasteiger partial charge in [-0.1, -0.05) is 38.0 Å². The van der Waals surface area contributed by atoms with Crippen LogP contribution >= 0.6 is 0 Å². The molecule has 0 aromatic rings. The molecule has 1 aliphatic rings. The van der Waals surface area contributed by atoms with E-state index in [-0.39, 0.29) is 19.5 Å². The second-order valence-electron chi connectivity index (χ2n) is 6.01. The van der Waals surface area contributed by atoms with E-state index < -0.39 is 29.6 Å². The molecule has 1 heterocycles. The van der Waals surface area contributed by atoms with Crippen molar-refractivity contribution in [3.05, 3.63) is 75.9 Å². The van der Waals surface area contributed by atoms with E-state index in [1.54, 1.807) is 18.2 Å². The van der Waals surface area contributed by atoms with Gasteiger partial charge in [-0.2, -0.15) is 0 Å². The van der Waals surface area contributed by atoms with Crippen molar-refractivity contribution in [2.45, 2.75) is 31.1 Å². The van der Waals surface area contributed by atoms with Gasteiger partial charge in [-0.05, 0) is 18.2 Å². The van der Waals surface area contributed by atoms with Crippen LogP contribution < -0.4 is 0 Å². The van der Waals surface area contributed by atoms with Gasteiger partial charge < -0.3 is 4.90 Å². The van der Waals surface area contributed by atoms with Crippen LogP contribution in [0.4, 0.5) is 0 Å². The molecule has 3 amide bonds. The van der Waals surface area contributed by atoms with Gasteiger partial charge in [0.2, 0.25) is 17.7 Å². The number of carbonyl (C=O) groups is 3. The molecule has 0 bridgehead atoms. The van der Waals surface area contributed by atoms with Gasteiger partial charge in [-0.25, -0.2) is 0 Å². The summed E-state index contributed by atoms with van der Waals surface area (Å²) in [4.78, 5) is 42.4. The standard InChI is InChI=1S/C21H27N3O3/c1-7-13-17-22(18(25)10-4)16-23(19(26)11-5)21(14-8-2,15-9-3)24(17)20(27)12-6/h7-12,17H,1-6,13-16H2. The van der Waals surface area contributed by atoms with E-state index in [0.717, 1.165) is 18.2 Å². The fraction of sp³-hybridized carbons (Fsp3) is 0.286. The first-order chi connectivity index (χ1) is 12.9. The molecule has 0 aliphatic carbocycles. The van der Waals surface area contributed by atoms with Gasteiger partial charge in [0, 0.05) is 19.3 Å². The van der Waals surface area contributed by atoms with Crippen molar-refractivity contribution in [2.75, 3.05) is 6.67 Å². The molecule has 0 radical (unpaired) electrons. The maximum Gasteiger partial charge on any atom is 0.249 e. The molecule has 0 saturated carbocycles. The predicted octanol–water partition coefficient (Wildman–Crippen LogP) is 2.75. The summed E-state index contributed by atoms with van der Waals surface area (Å²) < 4.78 is 0. The Morgan fingerprint density at radius 3 is 1.74 bits per heavy atom. The minimum absolute atomic E-state index is 0.0309. The second-order valence-corrected chi connectivity index (χ2v) is 6.01. The normalized spacial score (nSPS) is 18.2. The van der Waals surface area contributed by atoms with Gasteiger partial charge in [-0.15, -0.1) is 19.7 Å². The van der Waals surface area contributed by atoms with Gasteiger partial charge in [0.15, 0.2) is 0 Å². The van der Waals surface area contributed by atoms with Crippen molar-refractivity contribution >= 4 is 17.7 Å². The van der Waals surface area contributed by atoms with Crippen LogP contribution in [0.1, 0.15) is 19.3 Å². The van der Waals surface area contributed by atoms with Gasteiger partial charge in [0.25, 0.3) is 0 Å². The lowest BCUT2D eigenvalue weighted by Crippen LogP contribution is -2.75. The first-order valence-electron chi connectivity index (χ1n) is 8.53. The van der Waals surface area contributed by atoms with E-state index in [2.05, 4.69) is 39.5 Å². The van der Waals surface area contributed by atoms with Crippen LogP contribution in [0.2, 0.25) is 0 Å². The quantitative estimate of drug-likeness (QED) is 0.464. The highest BCUT2D eigenvalue weighted by Crippen LogP contribution is 2.38. The highest BCUT2D eigenvalue weighted by atomic mass is 16.2. The van der Waals surface area contributed by atoms with E-state index in [4.69, 9.17) is 0 Å². The predicted molar refractivity (Wildman–Crippen MR) is 107 cm³/mol. The fourth-order valence-electron chi connectivity index (χ4n) is 3.44. The summed E-state index contributed by atoms with van der Waals surface area (Å²) in [7, 11) is 0. The summed E-state index contributed by atoms with van der Waals surface area (Å²) >= 11 is 0. The summed E-state index contributed by atoms with van der Waals surface area (Å²) in [5.74, 6) is -1.25. The van der Waals surface area contributed by atoms with Crippen LogP contribution in [0.25, 0.3) is 0 Å². The zero-order valence-corrected chi connectivity index (χ0v) is 15.7. The highest BCUT2D eigenvalue weighted by molar-refractivity contribution is 5.93. The SMILES string of the molecule is C=CCC1N(C(=O)C=C)CN(C(=O)C=C)C(CC=C)(CC=C)N1C(=O)C=C. The van der Waals surface area contributed by atoms with Gasteiger partial charge in [-0.3, -0.25) is 24.2 Å². The summed E-state index contributed by atoms with van der Waals surface area (Å²) in [5, 5.41) is 0.